The zero-order valence-electron chi connectivity index (χ0n) is 16.6. The molecule has 7 nitrogen and oxygen atoms in total. The molecule has 1 aromatic carbocycles. The van der Waals surface area contributed by atoms with Crippen LogP contribution in [0.5, 0.6) is 0 Å². The summed E-state index contributed by atoms with van der Waals surface area (Å²) in [5.41, 5.74) is 7.84. The summed E-state index contributed by atoms with van der Waals surface area (Å²) in [6, 6.07) is 8.80. The summed E-state index contributed by atoms with van der Waals surface area (Å²) in [6.45, 7) is 1.91. The SMILES string of the molecule is C[C@@H](Sc1nnc(CCC(N)=O)n1C1CC1)C(=O)N[C@@H]1CCCc2ccccc21. The lowest BCUT2D eigenvalue weighted by Crippen LogP contribution is -2.36. The first kappa shape index (κ1) is 19.9. The van der Waals surface area contributed by atoms with Gasteiger partial charge in [-0.3, -0.25) is 9.59 Å². The fourth-order valence-corrected chi connectivity index (χ4v) is 4.84. The molecule has 0 radical (unpaired) electrons. The lowest BCUT2D eigenvalue weighted by molar-refractivity contribution is -0.121. The van der Waals surface area contributed by atoms with Crippen LogP contribution in [0.15, 0.2) is 29.4 Å². The van der Waals surface area contributed by atoms with Crippen LogP contribution in [0.25, 0.3) is 0 Å². The van der Waals surface area contributed by atoms with Gasteiger partial charge in [-0.05, 0) is 50.2 Å². The molecule has 1 saturated carbocycles. The molecule has 0 bridgehead atoms. The quantitative estimate of drug-likeness (QED) is 0.648. The average Bonchev–Trinajstić information content (AvgIpc) is 3.47. The Hall–Kier alpha value is -2.35. The highest BCUT2D eigenvalue weighted by molar-refractivity contribution is 8.00. The van der Waals surface area contributed by atoms with E-state index in [0.717, 1.165) is 43.1 Å². The van der Waals surface area contributed by atoms with Crippen molar-refractivity contribution in [1.82, 2.24) is 20.1 Å². The van der Waals surface area contributed by atoms with Gasteiger partial charge in [-0.25, -0.2) is 0 Å². The zero-order valence-corrected chi connectivity index (χ0v) is 17.5. The van der Waals surface area contributed by atoms with E-state index in [0.29, 0.717) is 12.5 Å². The van der Waals surface area contributed by atoms with Crippen LogP contribution in [-0.4, -0.2) is 31.8 Å². The normalized spacial score (nSPS) is 19.4. The molecule has 3 N–H and O–H groups in total. The second-order valence-corrected chi connectivity index (χ2v) is 9.19. The number of fused-ring (bicyclic) bond motifs is 1. The molecule has 2 aliphatic carbocycles. The summed E-state index contributed by atoms with van der Waals surface area (Å²) >= 11 is 1.43. The first-order chi connectivity index (χ1) is 14.0. The van der Waals surface area contributed by atoms with Crippen LogP contribution in [0.2, 0.25) is 0 Å². The van der Waals surface area contributed by atoms with Crippen molar-refractivity contribution in [3.05, 3.63) is 41.2 Å². The molecule has 0 spiro atoms. The summed E-state index contributed by atoms with van der Waals surface area (Å²) in [7, 11) is 0. The van der Waals surface area contributed by atoms with Crippen LogP contribution in [-0.2, 0) is 22.4 Å². The number of nitrogens with one attached hydrogen (secondary N) is 1. The second-order valence-electron chi connectivity index (χ2n) is 7.88. The van der Waals surface area contributed by atoms with Gasteiger partial charge in [-0.15, -0.1) is 10.2 Å². The van der Waals surface area contributed by atoms with Gasteiger partial charge >= 0.3 is 0 Å². The monoisotopic (exact) mass is 413 g/mol. The molecule has 154 valence electrons. The first-order valence-corrected chi connectivity index (χ1v) is 11.2. The van der Waals surface area contributed by atoms with Gasteiger partial charge in [0.1, 0.15) is 5.82 Å². The fourth-order valence-electron chi connectivity index (χ4n) is 3.90. The summed E-state index contributed by atoms with van der Waals surface area (Å²) in [6.07, 6.45) is 6.03. The lowest BCUT2D eigenvalue weighted by Gasteiger charge is -2.27. The third-order valence-corrected chi connectivity index (χ3v) is 6.64. The Morgan fingerprint density at radius 3 is 2.83 bits per heavy atom. The third kappa shape index (κ3) is 4.63. The molecular formula is C21H27N5O2S. The summed E-state index contributed by atoms with van der Waals surface area (Å²) in [5, 5.41) is 12.3. The molecule has 29 heavy (non-hydrogen) atoms. The van der Waals surface area contributed by atoms with Crippen molar-refractivity contribution in [2.45, 2.75) is 74.4 Å². The number of benzene rings is 1. The van der Waals surface area contributed by atoms with Crippen LogP contribution >= 0.6 is 11.8 Å². The number of amides is 2. The Kier molecular flexibility index (Phi) is 5.89. The Morgan fingerprint density at radius 1 is 1.28 bits per heavy atom. The number of rotatable bonds is 8. The number of aryl methyl sites for hydroxylation is 2. The number of hydrogen-bond donors (Lipinski definition) is 2. The number of thioether (sulfide) groups is 1. The maximum absolute atomic E-state index is 12.9. The number of carbonyl (C=O) groups is 2. The van der Waals surface area contributed by atoms with E-state index in [-0.39, 0.29) is 29.5 Å². The molecule has 0 saturated heterocycles. The molecule has 1 aromatic heterocycles. The van der Waals surface area contributed by atoms with Crippen molar-refractivity contribution in [2.24, 2.45) is 5.73 Å². The lowest BCUT2D eigenvalue weighted by atomic mass is 9.88. The first-order valence-electron chi connectivity index (χ1n) is 10.3. The number of carbonyl (C=O) groups excluding carboxylic acids is 2. The summed E-state index contributed by atoms with van der Waals surface area (Å²) in [4.78, 5) is 24.0. The minimum Gasteiger partial charge on any atom is -0.370 e. The Balaban J connectivity index is 1.42. The van der Waals surface area contributed by atoms with Crippen molar-refractivity contribution in [3.63, 3.8) is 0 Å². The molecule has 2 amide bonds. The Labute approximate surface area is 174 Å². The summed E-state index contributed by atoms with van der Waals surface area (Å²) in [5.74, 6) is 0.452. The minimum atomic E-state index is -0.343. The fraction of sp³-hybridized carbons (Fsp3) is 0.524. The number of hydrogen-bond acceptors (Lipinski definition) is 5. The largest absolute Gasteiger partial charge is 0.370 e. The van der Waals surface area contributed by atoms with E-state index in [1.54, 1.807) is 0 Å². The van der Waals surface area contributed by atoms with E-state index in [1.165, 1.54) is 22.9 Å². The molecule has 2 aliphatic rings. The topological polar surface area (TPSA) is 103 Å². The van der Waals surface area contributed by atoms with Gasteiger partial charge in [0.25, 0.3) is 0 Å². The van der Waals surface area contributed by atoms with E-state index in [4.69, 9.17) is 5.73 Å². The van der Waals surface area contributed by atoms with E-state index >= 15 is 0 Å². The van der Waals surface area contributed by atoms with E-state index in [2.05, 4.69) is 38.3 Å². The van der Waals surface area contributed by atoms with Gasteiger partial charge in [-0.2, -0.15) is 0 Å². The van der Waals surface area contributed by atoms with Gasteiger partial charge < -0.3 is 15.6 Å². The van der Waals surface area contributed by atoms with E-state index < -0.39 is 0 Å². The molecule has 1 fully saturated rings. The average molecular weight is 414 g/mol. The Morgan fingerprint density at radius 2 is 2.07 bits per heavy atom. The van der Waals surface area contributed by atoms with Crippen LogP contribution in [0.4, 0.5) is 0 Å². The summed E-state index contributed by atoms with van der Waals surface area (Å²) < 4.78 is 2.09. The molecule has 8 heteroatoms. The van der Waals surface area contributed by atoms with Crippen LogP contribution in [0.3, 0.4) is 0 Å². The van der Waals surface area contributed by atoms with E-state index in [1.807, 2.05) is 13.0 Å². The molecular weight excluding hydrogens is 386 g/mol. The number of nitrogens with two attached hydrogens (primary N) is 1. The Bertz CT molecular complexity index is 908. The molecule has 2 atom stereocenters. The van der Waals surface area contributed by atoms with Gasteiger partial charge in [0.05, 0.1) is 11.3 Å². The van der Waals surface area contributed by atoms with Crippen LogP contribution in [0, 0.1) is 0 Å². The molecule has 2 aromatic rings. The maximum Gasteiger partial charge on any atom is 0.233 e. The van der Waals surface area contributed by atoms with Crippen LogP contribution in [0.1, 0.15) is 68.1 Å². The standard InChI is InChI=1S/C21H27N5O2S/c1-13(20(28)23-17-8-4-6-14-5-2-3-7-16(14)17)29-21-25-24-19(12-11-18(22)27)26(21)15-9-10-15/h2-3,5,7,13,15,17H,4,6,8-12H2,1H3,(H2,22,27)(H,23,28)/t13-,17-/m1/s1. The van der Waals surface area contributed by atoms with Gasteiger partial charge in [0.2, 0.25) is 11.8 Å². The highest BCUT2D eigenvalue weighted by Gasteiger charge is 2.31. The van der Waals surface area contributed by atoms with Crippen LogP contribution < -0.4 is 11.1 Å². The van der Waals surface area contributed by atoms with Crippen molar-refractivity contribution in [2.75, 3.05) is 0 Å². The highest BCUT2D eigenvalue weighted by Crippen LogP contribution is 2.40. The van der Waals surface area contributed by atoms with Gasteiger partial charge in [0, 0.05) is 18.9 Å². The second kappa shape index (κ2) is 8.57. The van der Waals surface area contributed by atoms with Crippen molar-refractivity contribution < 1.29 is 9.59 Å². The predicted molar refractivity (Wildman–Crippen MR) is 111 cm³/mol. The molecule has 4 rings (SSSR count). The van der Waals surface area contributed by atoms with E-state index in [9.17, 15) is 9.59 Å². The highest BCUT2D eigenvalue weighted by atomic mass is 32.2. The zero-order chi connectivity index (χ0) is 20.4. The molecule has 1 heterocycles. The number of aromatic nitrogens is 3. The van der Waals surface area contributed by atoms with Gasteiger partial charge in [-0.1, -0.05) is 36.0 Å². The molecule has 0 unspecified atom stereocenters. The van der Waals surface area contributed by atoms with Gasteiger partial charge in [0.15, 0.2) is 5.16 Å². The predicted octanol–water partition coefficient (Wildman–Crippen LogP) is 2.71. The number of primary amides is 1. The van der Waals surface area contributed by atoms with Crippen molar-refractivity contribution in [3.8, 4) is 0 Å². The minimum absolute atomic E-state index is 0.0146. The van der Waals surface area contributed by atoms with Crippen molar-refractivity contribution in [1.29, 1.82) is 0 Å². The number of nitrogens with zero attached hydrogens (tertiary/aromatic N) is 3. The maximum atomic E-state index is 12.9. The third-order valence-electron chi connectivity index (χ3n) is 5.58. The smallest absolute Gasteiger partial charge is 0.233 e. The molecule has 0 aliphatic heterocycles. The van der Waals surface area contributed by atoms with Crippen molar-refractivity contribution >= 4 is 23.6 Å².